The number of halogens is 2. The van der Waals surface area contributed by atoms with Gasteiger partial charge in [-0.05, 0) is 24.1 Å². The molecule has 0 aliphatic rings. The molecule has 0 heterocycles. The van der Waals surface area contributed by atoms with Gasteiger partial charge in [0.2, 0.25) is 5.91 Å². The van der Waals surface area contributed by atoms with Gasteiger partial charge in [0.25, 0.3) is 0 Å². The van der Waals surface area contributed by atoms with E-state index in [2.05, 4.69) is 26.0 Å². The highest BCUT2D eigenvalue weighted by atomic mass is 79.9. The van der Waals surface area contributed by atoms with Crippen molar-refractivity contribution in [3.8, 4) is 0 Å². The molecule has 19 heavy (non-hydrogen) atoms. The van der Waals surface area contributed by atoms with Crippen molar-refractivity contribution >= 4 is 33.5 Å². The predicted molar refractivity (Wildman–Crippen MR) is 73.9 cm³/mol. The molecule has 0 aromatic heterocycles. The monoisotopic (exact) mass is 331 g/mol. The summed E-state index contributed by atoms with van der Waals surface area (Å²) in [5.74, 6) is -1.45. The van der Waals surface area contributed by atoms with E-state index < -0.39 is 16.6 Å². The Balaban J connectivity index is 3.02. The van der Waals surface area contributed by atoms with Crippen molar-refractivity contribution in [2.75, 3.05) is 12.4 Å². The number of methoxy groups -OCH3 is 1. The summed E-state index contributed by atoms with van der Waals surface area (Å²) in [6.07, 6.45) is 0. The lowest BCUT2D eigenvalue weighted by molar-refractivity contribution is -0.116. The second-order valence-electron chi connectivity index (χ2n) is 4.32. The van der Waals surface area contributed by atoms with Crippen LogP contribution in [0.15, 0.2) is 18.2 Å². The number of hydrogen-bond acceptors (Lipinski definition) is 3. The summed E-state index contributed by atoms with van der Waals surface area (Å²) in [4.78, 5) is 23.0. The number of esters is 1. The second-order valence-corrected chi connectivity index (χ2v) is 5.30. The third-order valence-electron chi connectivity index (χ3n) is 2.48. The smallest absolute Gasteiger partial charge is 0.339 e. The number of carbonyl (C=O) groups is 2. The first-order valence-corrected chi connectivity index (χ1v) is 6.61. The largest absolute Gasteiger partial charge is 0.465 e. The van der Waals surface area contributed by atoms with Crippen molar-refractivity contribution < 1.29 is 18.7 Å². The molecule has 1 unspecified atom stereocenters. The summed E-state index contributed by atoms with van der Waals surface area (Å²) < 4.78 is 17.8. The highest BCUT2D eigenvalue weighted by Gasteiger charge is 2.21. The third-order valence-corrected chi connectivity index (χ3v) is 3.95. The van der Waals surface area contributed by atoms with Crippen LogP contribution >= 0.6 is 15.9 Å². The highest BCUT2D eigenvalue weighted by molar-refractivity contribution is 9.10. The molecule has 0 aliphatic carbocycles. The number of ether oxygens (including phenoxy) is 1. The fraction of sp³-hybridized carbons (Fsp3) is 0.385. The van der Waals surface area contributed by atoms with Gasteiger partial charge in [-0.25, -0.2) is 9.18 Å². The van der Waals surface area contributed by atoms with Crippen LogP contribution in [0.5, 0.6) is 0 Å². The predicted octanol–water partition coefficient (Wildman–Crippen LogP) is 2.97. The number of nitrogens with one attached hydrogen (secondary N) is 1. The maximum atomic E-state index is 13.2. The number of benzene rings is 1. The zero-order valence-electron chi connectivity index (χ0n) is 10.9. The molecule has 6 heteroatoms. The van der Waals surface area contributed by atoms with Crippen molar-refractivity contribution in [2.24, 2.45) is 5.92 Å². The first-order valence-electron chi connectivity index (χ1n) is 5.69. The van der Waals surface area contributed by atoms with Gasteiger partial charge in [-0.2, -0.15) is 0 Å². The molecule has 4 nitrogen and oxygen atoms in total. The van der Waals surface area contributed by atoms with Crippen molar-refractivity contribution in [1.29, 1.82) is 0 Å². The molecule has 0 bridgehead atoms. The van der Waals surface area contributed by atoms with Gasteiger partial charge in [-0.3, -0.25) is 4.79 Å². The summed E-state index contributed by atoms with van der Waals surface area (Å²) in [6, 6.07) is 3.50. The van der Waals surface area contributed by atoms with E-state index in [0.717, 1.165) is 12.1 Å². The zero-order valence-corrected chi connectivity index (χ0v) is 12.5. The van der Waals surface area contributed by atoms with Crippen LogP contribution < -0.4 is 5.32 Å². The molecule has 104 valence electrons. The molecule has 0 saturated carbocycles. The summed E-state index contributed by atoms with van der Waals surface area (Å²) in [7, 11) is 1.22. The molecule has 0 aliphatic heterocycles. The Kier molecular flexibility index (Phi) is 5.47. The topological polar surface area (TPSA) is 55.4 Å². The Hall–Kier alpha value is -1.43. The van der Waals surface area contributed by atoms with Crippen LogP contribution in [0.25, 0.3) is 0 Å². The van der Waals surface area contributed by atoms with E-state index in [0.29, 0.717) is 0 Å². The molecule has 0 radical (unpaired) electrons. The van der Waals surface area contributed by atoms with Gasteiger partial charge in [0.05, 0.1) is 23.2 Å². The Morgan fingerprint density at radius 2 is 2.00 bits per heavy atom. The first-order chi connectivity index (χ1) is 8.86. The van der Waals surface area contributed by atoms with Gasteiger partial charge < -0.3 is 10.1 Å². The minimum Gasteiger partial charge on any atom is -0.465 e. The molecule has 1 rings (SSSR count). The second kappa shape index (κ2) is 6.65. The maximum Gasteiger partial charge on any atom is 0.339 e. The molecule has 1 N–H and O–H groups in total. The van der Waals surface area contributed by atoms with Crippen LogP contribution in [0.4, 0.5) is 10.1 Å². The lowest BCUT2D eigenvalue weighted by Gasteiger charge is -2.15. The molecule has 1 aromatic rings. The van der Waals surface area contributed by atoms with Gasteiger partial charge >= 0.3 is 5.97 Å². The maximum absolute atomic E-state index is 13.2. The van der Waals surface area contributed by atoms with E-state index >= 15 is 0 Å². The molecule has 0 fully saturated rings. The summed E-state index contributed by atoms with van der Waals surface area (Å²) in [6.45, 7) is 3.73. The van der Waals surface area contributed by atoms with E-state index in [1.54, 1.807) is 0 Å². The quantitative estimate of drug-likeness (QED) is 0.681. The van der Waals surface area contributed by atoms with Gasteiger partial charge in [0.15, 0.2) is 0 Å². The molecule has 1 atom stereocenters. The van der Waals surface area contributed by atoms with E-state index in [9.17, 15) is 14.0 Å². The van der Waals surface area contributed by atoms with Crippen molar-refractivity contribution in [1.82, 2.24) is 0 Å². The van der Waals surface area contributed by atoms with E-state index in [4.69, 9.17) is 0 Å². The molecule has 0 spiro atoms. The van der Waals surface area contributed by atoms with Crippen LogP contribution in [0.1, 0.15) is 24.2 Å². The number of hydrogen-bond donors (Lipinski definition) is 1. The standard InChI is InChI=1S/C13H15BrFNO3/c1-7(2)11(14)12(17)16-10-6-8(15)4-5-9(10)13(18)19-3/h4-7,11H,1-3H3,(H,16,17). The van der Waals surface area contributed by atoms with Crippen LogP contribution in [0, 0.1) is 11.7 Å². The normalized spacial score (nSPS) is 12.1. The Morgan fingerprint density at radius 3 is 2.53 bits per heavy atom. The van der Waals surface area contributed by atoms with Crippen molar-refractivity contribution in [3.05, 3.63) is 29.6 Å². The SMILES string of the molecule is COC(=O)c1ccc(F)cc1NC(=O)C(Br)C(C)C. The zero-order chi connectivity index (χ0) is 14.6. The van der Waals surface area contributed by atoms with E-state index in [1.807, 2.05) is 13.8 Å². The van der Waals surface area contributed by atoms with Crippen molar-refractivity contribution in [3.63, 3.8) is 0 Å². The van der Waals surface area contributed by atoms with Crippen LogP contribution in [-0.2, 0) is 9.53 Å². The summed E-state index contributed by atoms with van der Waals surface area (Å²) in [5, 5.41) is 2.52. The highest BCUT2D eigenvalue weighted by Crippen LogP contribution is 2.21. The Morgan fingerprint density at radius 1 is 1.37 bits per heavy atom. The molecule has 0 saturated heterocycles. The molecular weight excluding hydrogens is 317 g/mol. The van der Waals surface area contributed by atoms with Crippen LogP contribution in [0.2, 0.25) is 0 Å². The van der Waals surface area contributed by atoms with Crippen LogP contribution in [0.3, 0.4) is 0 Å². The van der Waals surface area contributed by atoms with Gasteiger partial charge in [-0.15, -0.1) is 0 Å². The summed E-state index contributed by atoms with van der Waals surface area (Å²) >= 11 is 3.24. The van der Waals surface area contributed by atoms with Gasteiger partial charge in [0, 0.05) is 0 Å². The fourth-order valence-corrected chi connectivity index (χ4v) is 1.53. The minimum atomic E-state index is -0.633. The number of alkyl halides is 1. The lowest BCUT2D eigenvalue weighted by atomic mass is 10.1. The number of carbonyl (C=O) groups excluding carboxylic acids is 2. The average molecular weight is 332 g/mol. The number of anilines is 1. The Bertz CT molecular complexity index is 491. The molecule has 1 amide bonds. The summed E-state index contributed by atoms with van der Waals surface area (Å²) in [5.41, 5.74) is 0.211. The number of amides is 1. The van der Waals surface area contributed by atoms with Gasteiger partial charge in [-0.1, -0.05) is 29.8 Å². The lowest BCUT2D eigenvalue weighted by Crippen LogP contribution is -2.28. The van der Waals surface area contributed by atoms with Crippen molar-refractivity contribution in [2.45, 2.75) is 18.7 Å². The number of rotatable bonds is 4. The fourth-order valence-electron chi connectivity index (χ4n) is 1.41. The first kappa shape index (κ1) is 15.6. The molecular formula is C13H15BrFNO3. The average Bonchev–Trinajstić information content (AvgIpc) is 2.36. The van der Waals surface area contributed by atoms with E-state index in [1.165, 1.54) is 13.2 Å². The van der Waals surface area contributed by atoms with Gasteiger partial charge in [0.1, 0.15) is 5.82 Å². The third kappa shape index (κ3) is 4.02. The van der Waals surface area contributed by atoms with E-state index in [-0.39, 0.29) is 23.1 Å². The van der Waals surface area contributed by atoms with Crippen LogP contribution in [-0.4, -0.2) is 23.8 Å². The minimum absolute atomic E-state index is 0.0649. The molecule has 1 aromatic carbocycles. The Labute approximate surface area is 119 Å².